The molecule has 1 unspecified atom stereocenters. The molecule has 2 atom stereocenters. The van der Waals surface area contributed by atoms with Crippen molar-refractivity contribution in [3.63, 3.8) is 0 Å². The molecular formula is C9H14N2O5. The summed E-state index contributed by atoms with van der Waals surface area (Å²) in [5.74, 6) is -2.59. The second-order valence-corrected chi connectivity index (χ2v) is 3.79. The molecule has 1 fully saturated rings. The normalized spacial score (nSPS) is 22.2. The first-order chi connectivity index (χ1) is 7.41. The zero-order chi connectivity index (χ0) is 12.3. The van der Waals surface area contributed by atoms with E-state index >= 15 is 0 Å². The number of nitrogens with two attached hydrogens (primary N) is 1. The van der Waals surface area contributed by atoms with Gasteiger partial charge in [0.05, 0.1) is 5.92 Å². The lowest BCUT2D eigenvalue weighted by Gasteiger charge is -2.16. The second-order valence-electron chi connectivity index (χ2n) is 3.79. The van der Waals surface area contributed by atoms with Crippen LogP contribution in [0.25, 0.3) is 0 Å². The molecule has 7 nitrogen and oxygen atoms in total. The van der Waals surface area contributed by atoms with Gasteiger partial charge in [-0.15, -0.1) is 0 Å². The molecule has 1 saturated heterocycles. The van der Waals surface area contributed by atoms with E-state index in [1.807, 2.05) is 0 Å². The van der Waals surface area contributed by atoms with Crippen LogP contribution in [-0.4, -0.2) is 52.1 Å². The topological polar surface area (TPSA) is 121 Å². The van der Waals surface area contributed by atoms with Crippen molar-refractivity contribution in [2.75, 3.05) is 13.1 Å². The van der Waals surface area contributed by atoms with Crippen molar-refractivity contribution in [3.05, 3.63) is 0 Å². The summed E-state index contributed by atoms with van der Waals surface area (Å²) in [6.07, 6.45) is -1.47. The van der Waals surface area contributed by atoms with Crippen LogP contribution in [0.1, 0.15) is 12.8 Å². The number of carbonyl (C=O) groups excluding carboxylic acids is 2. The molecular weight excluding hydrogens is 216 g/mol. The van der Waals surface area contributed by atoms with Gasteiger partial charge in [0.25, 0.3) is 0 Å². The first-order valence-electron chi connectivity index (χ1n) is 4.89. The van der Waals surface area contributed by atoms with Crippen molar-refractivity contribution in [2.45, 2.75) is 18.9 Å². The van der Waals surface area contributed by atoms with E-state index in [4.69, 9.17) is 15.9 Å². The van der Waals surface area contributed by atoms with Gasteiger partial charge >= 0.3 is 5.97 Å². The Balaban J connectivity index is 2.42. The largest absolute Gasteiger partial charge is 0.479 e. The molecule has 0 aromatic rings. The summed E-state index contributed by atoms with van der Waals surface area (Å²) in [6.45, 7) is 0.330. The maximum atomic E-state index is 11.4. The molecule has 4 N–H and O–H groups in total. The van der Waals surface area contributed by atoms with E-state index in [1.165, 1.54) is 4.90 Å². The smallest absolute Gasteiger partial charge is 0.332 e. The minimum atomic E-state index is -1.49. The molecule has 0 aromatic carbocycles. The number of aliphatic carboxylic acids is 1. The van der Waals surface area contributed by atoms with Crippen LogP contribution in [0.4, 0.5) is 0 Å². The average molecular weight is 230 g/mol. The highest BCUT2D eigenvalue weighted by Crippen LogP contribution is 2.17. The van der Waals surface area contributed by atoms with Gasteiger partial charge in [0.1, 0.15) is 0 Å². The molecule has 16 heavy (non-hydrogen) atoms. The highest BCUT2D eigenvalue weighted by molar-refractivity contribution is 5.88. The lowest BCUT2D eigenvalue weighted by Crippen LogP contribution is -2.32. The molecule has 1 rings (SSSR count). The molecule has 0 spiro atoms. The van der Waals surface area contributed by atoms with Gasteiger partial charge in [-0.2, -0.15) is 0 Å². The van der Waals surface area contributed by atoms with Crippen molar-refractivity contribution in [2.24, 2.45) is 11.7 Å². The number of primary amides is 1. The Morgan fingerprint density at radius 3 is 2.62 bits per heavy atom. The van der Waals surface area contributed by atoms with E-state index < -0.39 is 23.9 Å². The molecule has 1 aliphatic rings. The van der Waals surface area contributed by atoms with Crippen molar-refractivity contribution in [3.8, 4) is 0 Å². The first kappa shape index (κ1) is 12.4. The van der Waals surface area contributed by atoms with E-state index in [9.17, 15) is 14.4 Å². The van der Waals surface area contributed by atoms with Gasteiger partial charge in [0.15, 0.2) is 6.10 Å². The first-order valence-corrected chi connectivity index (χ1v) is 4.89. The Kier molecular flexibility index (Phi) is 3.83. The Bertz CT molecular complexity index is 317. The number of amides is 2. The van der Waals surface area contributed by atoms with E-state index in [0.717, 1.165) is 0 Å². The number of hydrogen-bond donors (Lipinski definition) is 3. The number of rotatable bonds is 5. The highest BCUT2D eigenvalue weighted by atomic mass is 16.4. The van der Waals surface area contributed by atoms with Gasteiger partial charge in [-0.25, -0.2) is 4.79 Å². The van der Waals surface area contributed by atoms with Crippen LogP contribution in [0, 0.1) is 5.92 Å². The van der Waals surface area contributed by atoms with Crippen molar-refractivity contribution in [1.82, 2.24) is 4.90 Å². The summed E-state index contributed by atoms with van der Waals surface area (Å²) in [7, 11) is 0. The standard InChI is InChI=1S/C9H14N2O5/c10-8(14)5-3-7(13)11(4-5)2-1-6(12)9(15)16/h5-6,12H,1-4H2,(H2,10,14)(H,15,16)/t5?,6-/m0/s1. The van der Waals surface area contributed by atoms with Gasteiger partial charge in [0, 0.05) is 25.9 Å². The summed E-state index contributed by atoms with van der Waals surface area (Å²) in [4.78, 5) is 33.9. The maximum Gasteiger partial charge on any atom is 0.332 e. The Morgan fingerprint density at radius 1 is 1.56 bits per heavy atom. The van der Waals surface area contributed by atoms with E-state index in [0.29, 0.717) is 0 Å². The third-order valence-electron chi connectivity index (χ3n) is 2.57. The molecule has 7 heteroatoms. The van der Waals surface area contributed by atoms with E-state index in [-0.39, 0.29) is 31.8 Å². The van der Waals surface area contributed by atoms with Crippen molar-refractivity contribution >= 4 is 17.8 Å². The number of nitrogens with zero attached hydrogens (tertiary/aromatic N) is 1. The molecule has 2 amide bonds. The number of hydrogen-bond acceptors (Lipinski definition) is 4. The quantitative estimate of drug-likeness (QED) is 0.512. The van der Waals surface area contributed by atoms with E-state index in [2.05, 4.69) is 0 Å². The fourth-order valence-electron chi connectivity index (χ4n) is 1.58. The zero-order valence-corrected chi connectivity index (χ0v) is 8.63. The second kappa shape index (κ2) is 4.93. The molecule has 0 saturated carbocycles. The van der Waals surface area contributed by atoms with Gasteiger partial charge in [-0.3, -0.25) is 9.59 Å². The molecule has 90 valence electrons. The molecule has 1 heterocycles. The molecule has 0 aromatic heterocycles. The third-order valence-corrected chi connectivity index (χ3v) is 2.57. The van der Waals surface area contributed by atoms with Crippen LogP contribution in [-0.2, 0) is 14.4 Å². The Labute approximate surface area is 91.8 Å². The Hall–Kier alpha value is -1.63. The zero-order valence-electron chi connectivity index (χ0n) is 8.63. The lowest BCUT2D eigenvalue weighted by atomic mass is 10.1. The van der Waals surface area contributed by atoms with Gasteiger partial charge in [0.2, 0.25) is 11.8 Å². The molecule has 0 radical (unpaired) electrons. The lowest BCUT2D eigenvalue weighted by molar-refractivity contribution is -0.147. The SMILES string of the molecule is NC(=O)C1CC(=O)N(CC[C@H](O)C(=O)O)C1. The van der Waals surface area contributed by atoms with Crippen LogP contribution in [0.15, 0.2) is 0 Å². The summed E-state index contributed by atoms with van der Waals surface area (Å²) in [5.41, 5.74) is 5.07. The number of likely N-dealkylation sites (tertiary alicyclic amines) is 1. The summed E-state index contributed by atoms with van der Waals surface area (Å²) < 4.78 is 0. The van der Waals surface area contributed by atoms with Crippen LogP contribution in [0.5, 0.6) is 0 Å². The fourth-order valence-corrected chi connectivity index (χ4v) is 1.58. The number of aliphatic hydroxyl groups is 1. The number of aliphatic hydroxyl groups excluding tert-OH is 1. The van der Waals surface area contributed by atoms with Crippen LogP contribution < -0.4 is 5.73 Å². The van der Waals surface area contributed by atoms with Crippen LogP contribution in [0.3, 0.4) is 0 Å². The van der Waals surface area contributed by atoms with Crippen LogP contribution >= 0.6 is 0 Å². The molecule has 0 aliphatic carbocycles. The summed E-state index contributed by atoms with van der Waals surface area (Å²) >= 11 is 0. The summed E-state index contributed by atoms with van der Waals surface area (Å²) in [5, 5.41) is 17.5. The monoisotopic (exact) mass is 230 g/mol. The fraction of sp³-hybridized carbons (Fsp3) is 0.667. The average Bonchev–Trinajstić information content (AvgIpc) is 2.56. The van der Waals surface area contributed by atoms with Gasteiger partial charge < -0.3 is 20.8 Å². The number of carboxylic acids is 1. The minimum absolute atomic E-state index is 0.0491. The summed E-state index contributed by atoms with van der Waals surface area (Å²) in [6, 6.07) is 0. The Morgan fingerprint density at radius 2 is 2.19 bits per heavy atom. The number of carboxylic acid groups (broad SMARTS) is 1. The highest BCUT2D eigenvalue weighted by Gasteiger charge is 2.33. The van der Waals surface area contributed by atoms with Crippen LogP contribution in [0.2, 0.25) is 0 Å². The van der Waals surface area contributed by atoms with Gasteiger partial charge in [-0.05, 0) is 0 Å². The molecule has 0 bridgehead atoms. The third kappa shape index (κ3) is 2.93. The van der Waals surface area contributed by atoms with Gasteiger partial charge in [-0.1, -0.05) is 0 Å². The predicted octanol–water partition coefficient (Wildman–Crippen LogP) is -1.84. The minimum Gasteiger partial charge on any atom is -0.479 e. The van der Waals surface area contributed by atoms with Crippen molar-refractivity contribution < 1.29 is 24.6 Å². The van der Waals surface area contributed by atoms with Crippen molar-refractivity contribution in [1.29, 1.82) is 0 Å². The molecule has 1 aliphatic heterocycles. The predicted molar refractivity (Wildman–Crippen MR) is 52.1 cm³/mol. The maximum absolute atomic E-state index is 11.4. The van der Waals surface area contributed by atoms with E-state index in [1.54, 1.807) is 0 Å². The number of carbonyl (C=O) groups is 3.